The van der Waals surface area contributed by atoms with Gasteiger partial charge in [0.1, 0.15) is 5.82 Å². The van der Waals surface area contributed by atoms with E-state index in [0.717, 1.165) is 24.1 Å². The number of nitrogens with one attached hydrogen (secondary N) is 1. The third-order valence-corrected chi connectivity index (χ3v) is 4.63. The minimum atomic E-state index is -0.127. The summed E-state index contributed by atoms with van der Waals surface area (Å²) in [4.78, 5) is 0. The molecule has 0 aromatic heterocycles. The van der Waals surface area contributed by atoms with E-state index in [0.29, 0.717) is 12.0 Å². The fourth-order valence-corrected chi connectivity index (χ4v) is 3.28. The molecule has 110 valence electrons. The van der Waals surface area contributed by atoms with Crippen LogP contribution in [-0.2, 0) is 0 Å². The van der Waals surface area contributed by atoms with E-state index in [2.05, 4.69) is 35.6 Å². The number of anilines is 1. The Bertz CT molecular complexity index is 586. The topological polar surface area (TPSA) is 12.0 Å². The highest BCUT2D eigenvalue weighted by Gasteiger charge is 2.22. The van der Waals surface area contributed by atoms with Crippen molar-refractivity contribution in [1.82, 2.24) is 0 Å². The van der Waals surface area contributed by atoms with Crippen LogP contribution in [0.5, 0.6) is 0 Å². The third-order valence-electron chi connectivity index (χ3n) is 4.63. The van der Waals surface area contributed by atoms with Crippen molar-refractivity contribution in [1.29, 1.82) is 0 Å². The van der Waals surface area contributed by atoms with E-state index < -0.39 is 0 Å². The molecule has 3 rings (SSSR count). The average Bonchev–Trinajstić information content (AvgIpc) is 2.53. The minimum Gasteiger partial charge on any atom is -0.382 e. The molecule has 1 saturated carbocycles. The predicted molar refractivity (Wildman–Crippen MR) is 86.2 cm³/mol. The van der Waals surface area contributed by atoms with Crippen molar-refractivity contribution in [2.75, 3.05) is 5.32 Å². The van der Waals surface area contributed by atoms with Crippen LogP contribution in [0.2, 0.25) is 0 Å². The fraction of sp³-hybridized carbons (Fsp3) is 0.368. The lowest BCUT2D eigenvalue weighted by molar-refractivity contribution is 0.412. The van der Waals surface area contributed by atoms with Gasteiger partial charge in [0.25, 0.3) is 0 Å². The second kappa shape index (κ2) is 6.30. The summed E-state index contributed by atoms with van der Waals surface area (Å²) >= 11 is 0. The molecule has 0 amide bonds. The minimum absolute atomic E-state index is 0.127. The van der Waals surface area contributed by atoms with Crippen LogP contribution in [0.15, 0.2) is 48.5 Å². The Morgan fingerprint density at radius 2 is 1.62 bits per heavy atom. The maximum Gasteiger partial charge on any atom is 0.128 e. The molecule has 2 heteroatoms. The van der Waals surface area contributed by atoms with Gasteiger partial charge in [0.2, 0.25) is 0 Å². The molecule has 0 spiro atoms. The van der Waals surface area contributed by atoms with Crippen molar-refractivity contribution in [2.45, 2.75) is 44.6 Å². The number of rotatable bonds is 3. The van der Waals surface area contributed by atoms with Gasteiger partial charge < -0.3 is 5.32 Å². The standard InChI is InChI=1S/C19H22FN/c1-14-18(20)8-5-9-19(14)21-17-12-10-16(11-13-17)15-6-3-2-4-7-15/h2-9,16-17,21H,10-13H2,1H3. The molecule has 2 aromatic carbocycles. The number of benzene rings is 2. The molecule has 0 bridgehead atoms. The van der Waals surface area contributed by atoms with Crippen LogP contribution in [0.4, 0.5) is 10.1 Å². The molecule has 0 atom stereocenters. The van der Waals surface area contributed by atoms with Crippen molar-refractivity contribution in [2.24, 2.45) is 0 Å². The van der Waals surface area contributed by atoms with Gasteiger partial charge in [-0.1, -0.05) is 36.4 Å². The summed E-state index contributed by atoms with van der Waals surface area (Å²) in [6, 6.07) is 16.5. The van der Waals surface area contributed by atoms with Crippen LogP contribution in [0, 0.1) is 12.7 Å². The summed E-state index contributed by atoms with van der Waals surface area (Å²) in [5.41, 5.74) is 3.12. The Kier molecular flexibility index (Phi) is 4.23. The van der Waals surface area contributed by atoms with Crippen molar-refractivity contribution in [3.05, 3.63) is 65.5 Å². The number of hydrogen-bond acceptors (Lipinski definition) is 1. The van der Waals surface area contributed by atoms with E-state index >= 15 is 0 Å². The first-order valence-corrected chi connectivity index (χ1v) is 7.80. The zero-order chi connectivity index (χ0) is 14.7. The molecule has 0 heterocycles. The summed E-state index contributed by atoms with van der Waals surface area (Å²) in [5, 5.41) is 3.52. The molecule has 0 unspecified atom stereocenters. The smallest absolute Gasteiger partial charge is 0.128 e. The lowest BCUT2D eigenvalue weighted by Gasteiger charge is -2.30. The maximum atomic E-state index is 13.6. The van der Waals surface area contributed by atoms with Gasteiger partial charge in [-0.15, -0.1) is 0 Å². The quantitative estimate of drug-likeness (QED) is 0.809. The highest BCUT2D eigenvalue weighted by atomic mass is 19.1. The Morgan fingerprint density at radius 3 is 2.33 bits per heavy atom. The second-order valence-electron chi connectivity index (χ2n) is 6.02. The normalized spacial score (nSPS) is 22.0. The van der Waals surface area contributed by atoms with E-state index in [1.165, 1.54) is 24.5 Å². The Balaban J connectivity index is 1.60. The van der Waals surface area contributed by atoms with Gasteiger partial charge in [-0.05, 0) is 56.2 Å². The summed E-state index contributed by atoms with van der Waals surface area (Å²) in [6.07, 6.45) is 4.71. The Labute approximate surface area is 126 Å². The van der Waals surface area contributed by atoms with Crippen LogP contribution in [0.3, 0.4) is 0 Å². The molecular weight excluding hydrogens is 261 g/mol. The predicted octanol–water partition coefficient (Wildman–Crippen LogP) is 5.27. The van der Waals surface area contributed by atoms with Crippen LogP contribution >= 0.6 is 0 Å². The third kappa shape index (κ3) is 3.26. The monoisotopic (exact) mass is 283 g/mol. The molecule has 1 N–H and O–H groups in total. The molecule has 2 aromatic rings. The lowest BCUT2D eigenvalue weighted by Crippen LogP contribution is -2.25. The zero-order valence-corrected chi connectivity index (χ0v) is 12.5. The summed E-state index contributed by atoms with van der Waals surface area (Å²) in [6.45, 7) is 1.84. The summed E-state index contributed by atoms with van der Waals surface area (Å²) in [5.74, 6) is 0.552. The Morgan fingerprint density at radius 1 is 0.905 bits per heavy atom. The van der Waals surface area contributed by atoms with Gasteiger partial charge in [0.15, 0.2) is 0 Å². The largest absolute Gasteiger partial charge is 0.382 e. The molecule has 1 nitrogen and oxygen atoms in total. The first-order valence-electron chi connectivity index (χ1n) is 7.80. The first-order chi connectivity index (χ1) is 10.2. The van der Waals surface area contributed by atoms with Gasteiger partial charge in [-0.2, -0.15) is 0 Å². The highest BCUT2D eigenvalue weighted by molar-refractivity contribution is 5.51. The van der Waals surface area contributed by atoms with Crippen LogP contribution < -0.4 is 5.32 Å². The van der Waals surface area contributed by atoms with Gasteiger partial charge in [-0.25, -0.2) is 4.39 Å². The molecule has 21 heavy (non-hydrogen) atoms. The molecule has 1 aliphatic carbocycles. The fourth-order valence-electron chi connectivity index (χ4n) is 3.28. The molecule has 0 aliphatic heterocycles. The van der Waals surface area contributed by atoms with Gasteiger partial charge in [-0.3, -0.25) is 0 Å². The number of halogens is 1. The maximum absolute atomic E-state index is 13.6. The highest BCUT2D eigenvalue weighted by Crippen LogP contribution is 2.34. The van der Waals surface area contributed by atoms with E-state index in [1.807, 2.05) is 13.0 Å². The van der Waals surface area contributed by atoms with Crippen molar-refractivity contribution >= 4 is 5.69 Å². The Hall–Kier alpha value is -1.83. The second-order valence-corrected chi connectivity index (χ2v) is 6.02. The molecule has 0 saturated heterocycles. The molecular formula is C19H22FN. The lowest BCUT2D eigenvalue weighted by atomic mass is 9.81. The van der Waals surface area contributed by atoms with E-state index in [-0.39, 0.29) is 5.82 Å². The first kappa shape index (κ1) is 14.1. The van der Waals surface area contributed by atoms with Gasteiger partial charge in [0.05, 0.1) is 0 Å². The van der Waals surface area contributed by atoms with Crippen LogP contribution in [0.1, 0.15) is 42.7 Å². The molecule has 1 fully saturated rings. The van der Waals surface area contributed by atoms with Crippen LogP contribution in [0.25, 0.3) is 0 Å². The molecule has 1 aliphatic rings. The van der Waals surface area contributed by atoms with E-state index in [4.69, 9.17) is 0 Å². The SMILES string of the molecule is Cc1c(F)cccc1NC1CCC(c2ccccc2)CC1. The summed E-state index contributed by atoms with van der Waals surface area (Å²) in [7, 11) is 0. The van der Waals surface area contributed by atoms with Crippen LogP contribution in [-0.4, -0.2) is 6.04 Å². The van der Waals surface area contributed by atoms with Gasteiger partial charge in [0, 0.05) is 17.3 Å². The average molecular weight is 283 g/mol. The van der Waals surface area contributed by atoms with Crippen molar-refractivity contribution in [3.63, 3.8) is 0 Å². The van der Waals surface area contributed by atoms with E-state index in [1.54, 1.807) is 6.07 Å². The summed E-state index contributed by atoms with van der Waals surface area (Å²) < 4.78 is 13.6. The van der Waals surface area contributed by atoms with Crippen molar-refractivity contribution in [3.8, 4) is 0 Å². The molecule has 0 radical (unpaired) electrons. The number of hydrogen-bond donors (Lipinski definition) is 1. The van der Waals surface area contributed by atoms with E-state index in [9.17, 15) is 4.39 Å². The van der Waals surface area contributed by atoms with Crippen molar-refractivity contribution < 1.29 is 4.39 Å². The van der Waals surface area contributed by atoms with Gasteiger partial charge >= 0.3 is 0 Å². The zero-order valence-electron chi connectivity index (χ0n) is 12.5.